The van der Waals surface area contributed by atoms with Crippen LogP contribution in [0.3, 0.4) is 0 Å². The molecule has 1 amide bonds. The van der Waals surface area contributed by atoms with E-state index in [4.69, 9.17) is 11.6 Å². The van der Waals surface area contributed by atoms with Crippen molar-refractivity contribution in [3.05, 3.63) is 63.2 Å². The molecule has 6 nitrogen and oxygen atoms in total. The number of carbonyl (C=O) groups excluding carboxylic acids is 1. The standard InChI is InChI=1S/C20H22ClN5O/c1-11-6-7-16(9-18(11)21)24-19(27)10-17-14(4)25-26(15(17)5)20-22-12(2)8-13(3)23-20/h6-9H,10H2,1-5H3,(H,24,27). The van der Waals surface area contributed by atoms with Crippen molar-refractivity contribution in [1.29, 1.82) is 0 Å². The molecular weight excluding hydrogens is 362 g/mol. The third-order valence-corrected chi connectivity index (χ3v) is 4.80. The third-order valence-electron chi connectivity index (χ3n) is 4.39. The summed E-state index contributed by atoms with van der Waals surface area (Å²) in [6.45, 7) is 9.57. The predicted octanol–water partition coefficient (Wildman–Crippen LogP) is 4.04. The van der Waals surface area contributed by atoms with Crippen LogP contribution in [-0.4, -0.2) is 25.7 Å². The summed E-state index contributed by atoms with van der Waals surface area (Å²) in [6.07, 6.45) is 0.216. The van der Waals surface area contributed by atoms with Crippen molar-refractivity contribution in [3.63, 3.8) is 0 Å². The maximum Gasteiger partial charge on any atom is 0.251 e. The summed E-state index contributed by atoms with van der Waals surface area (Å²) < 4.78 is 1.70. The van der Waals surface area contributed by atoms with Crippen molar-refractivity contribution in [2.45, 2.75) is 41.0 Å². The molecule has 0 saturated heterocycles. The molecule has 0 radical (unpaired) electrons. The van der Waals surface area contributed by atoms with E-state index < -0.39 is 0 Å². The van der Waals surface area contributed by atoms with E-state index in [-0.39, 0.29) is 12.3 Å². The van der Waals surface area contributed by atoms with Crippen molar-refractivity contribution in [1.82, 2.24) is 19.7 Å². The fourth-order valence-electron chi connectivity index (χ4n) is 2.96. The third kappa shape index (κ3) is 4.17. The number of hydrogen-bond donors (Lipinski definition) is 1. The van der Waals surface area contributed by atoms with Gasteiger partial charge >= 0.3 is 0 Å². The van der Waals surface area contributed by atoms with E-state index in [1.807, 2.05) is 52.8 Å². The molecule has 0 atom stereocenters. The maximum atomic E-state index is 12.5. The lowest BCUT2D eigenvalue weighted by Crippen LogP contribution is -2.15. The van der Waals surface area contributed by atoms with Gasteiger partial charge < -0.3 is 5.32 Å². The molecule has 0 fully saturated rings. The highest BCUT2D eigenvalue weighted by atomic mass is 35.5. The zero-order valence-electron chi connectivity index (χ0n) is 16.1. The van der Waals surface area contributed by atoms with E-state index in [0.717, 1.165) is 33.9 Å². The Hall–Kier alpha value is -2.73. The lowest BCUT2D eigenvalue weighted by Gasteiger charge is -2.08. The van der Waals surface area contributed by atoms with Crippen molar-refractivity contribution < 1.29 is 4.79 Å². The minimum Gasteiger partial charge on any atom is -0.326 e. The fourth-order valence-corrected chi connectivity index (χ4v) is 3.14. The van der Waals surface area contributed by atoms with E-state index >= 15 is 0 Å². The number of carbonyl (C=O) groups is 1. The summed E-state index contributed by atoms with van der Waals surface area (Å²) in [7, 11) is 0. The number of rotatable bonds is 4. The Morgan fingerprint density at radius 1 is 1.07 bits per heavy atom. The van der Waals surface area contributed by atoms with E-state index in [1.54, 1.807) is 10.7 Å². The van der Waals surface area contributed by atoms with E-state index in [2.05, 4.69) is 20.4 Å². The minimum absolute atomic E-state index is 0.123. The lowest BCUT2D eigenvalue weighted by atomic mass is 10.1. The van der Waals surface area contributed by atoms with E-state index in [0.29, 0.717) is 16.7 Å². The first-order chi connectivity index (χ1) is 12.7. The Kier molecular flexibility index (Phi) is 5.28. The molecule has 140 valence electrons. The minimum atomic E-state index is -0.123. The summed E-state index contributed by atoms with van der Waals surface area (Å²) in [5, 5.41) is 8.05. The Morgan fingerprint density at radius 3 is 2.37 bits per heavy atom. The smallest absolute Gasteiger partial charge is 0.251 e. The summed E-state index contributed by atoms with van der Waals surface area (Å²) >= 11 is 6.13. The van der Waals surface area contributed by atoms with E-state index in [1.165, 1.54) is 0 Å². The number of nitrogens with zero attached hydrogens (tertiary/aromatic N) is 4. The number of halogens is 1. The van der Waals surface area contributed by atoms with Crippen LogP contribution < -0.4 is 5.32 Å². The van der Waals surface area contributed by atoms with Gasteiger partial charge in [-0.15, -0.1) is 0 Å². The predicted molar refractivity (Wildman–Crippen MR) is 107 cm³/mol. The van der Waals surface area contributed by atoms with Crippen LogP contribution in [0, 0.1) is 34.6 Å². The number of hydrogen-bond acceptors (Lipinski definition) is 4. The van der Waals surface area contributed by atoms with Crippen molar-refractivity contribution in [3.8, 4) is 5.95 Å². The molecule has 2 aromatic heterocycles. The summed E-state index contributed by atoms with van der Waals surface area (Å²) in [6, 6.07) is 7.38. The van der Waals surface area contributed by atoms with Gasteiger partial charge in [0.1, 0.15) is 0 Å². The largest absolute Gasteiger partial charge is 0.326 e. The fraction of sp³-hybridized carbons (Fsp3) is 0.300. The topological polar surface area (TPSA) is 72.7 Å². The van der Waals surface area contributed by atoms with Gasteiger partial charge in [0.05, 0.1) is 12.1 Å². The molecule has 2 heterocycles. The second-order valence-corrected chi connectivity index (χ2v) is 7.11. The second kappa shape index (κ2) is 7.48. The van der Waals surface area contributed by atoms with Crippen molar-refractivity contribution >= 4 is 23.2 Å². The molecule has 0 aliphatic carbocycles. The molecule has 0 bridgehead atoms. The molecule has 3 aromatic rings. The first-order valence-electron chi connectivity index (χ1n) is 8.68. The lowest BCUT2D eigenvalue weighted by molar-refractivity contribution is -0.115. The number of anilines is 1. The molecule has 0 spiro atoms. The van der Waals surface area contributed by atoms with Crippen LogP contribution in [0.15, 0.2) is 24.3 Å². The van der Waals surface area contributed by atoms with Gasteiger partial charge in [-0.05, 0) is 58.4 Å². The first-order valence-corrected chi connectivity index (χ1v) is 9.06. The average molecular weight is 384 g/mol. The summed E-state index contributed by atoms with van der Waals surface area (Å²) in [5.74, 6) is 0.395. The van der Waals surface area contributed by atoms with Gasteiger partial charge in [-0.3, -0.25) is 4.79 Å². The van der Waals surface area contributed by atoms with Gasteiger partial charge in [-0.1, -0.05) is 17.7 Å². The molecule has 0 aliphatic heterocycles. The molecule has 27 heavy (non-hydrogen) atoms. The number of aromatic nitrogens is 4. The van der Waals surface area contributed by atoms with Crippen LogP contribution in [0.1, 0.15) is 33.9 Å². The molecule has 1 aromatic carbocycles. The van der Waals surface area contributed by atoms with E-state index in [9.17, 15) is 4.79 Å². The molecular formula is C20H22ClN5O. The van der Waals surface area contributed by atoms with Gasteiger partial charge in [-0.2, -0.15) is 5.10 Å². The quantitative estimate of drug-likeness (QED) is 0.737. The van der Waals surface area contributed by atoms with Gasteiger partial charge in [0.25, 0.3) is 5.95 Å². The molecule has 7 heteroatoms. The zero-order chi connectivity index (χ0) is 19.7. The van der Waals surface area contributed by atoms with Crippen LogP contribution in [0.2, 0.25) is 5.02 Å². The first kappa shape index (κ1) is 19.0. The number of nitrogens with one attached hydrogen (secondary N) is 1. The summed E-state index contributed by atoms with van der Waals surface area (Å²) in [5.41, 5.74) is 5.91. The summed E-state index contributed by atoms with van der Waals surface area (Å²) in [4.78, 5) is 21.4. The van der Waals surface area contributed by atoms with Gasteiger partial charge in [0.2, 0.25) is 5.91 Å². The van der Waals surface area contributed by atoms with Crippen LogP contribution >= 0.6 is 11.6 Å². The van der Waals surface area contributed by atoms with Crippen molar-refractivity contribution in [2.24, 2.45) is 0 Å². The Labute approximate surface area is 163 Å². The van der Waals surface area contributed by atoms with Gasteiger partial charge in [-0.25, -0.2) is 14.6 Å². The highest BCUT2D eigenvalue weighted by Crippen LogP contribution is 2.21. The molecule has 0 aliphatic rings. The number of amides is 1. The number of aryl methyl sites for hydroxylation is 4. The Bertz CT molecular complexity index is 1010. The Morgan fingerprint density at radius 2 is 1.74 bits per heavy atom. The zero-order valence-corrected chi connectivity index (χ0v) is 16.8. The Balaban J connectivity index is 1.84. The highest BCUT2D eigenvalue weighted by molar-refractivity contribution is 6.31. The molecule has 0 unspecified atom stereocenters. The second-order valence-electron chi connectivity index (χ2n) is 6.70. The maximum absolute atomic E-state index is 12.5. The molecule has 1 N–H and O–H groups in total. The molecule has 3 rings (SSSR count). The van der Waals surface area contributed by atoms with Gasteiger partial charge in [0, 0.05) is 33.4 Å². The molecule has 0 saturated carbocycles. The van der Waals surface area contributed by atoms with Crippen molar-refractivity contribution in [2.75, 3.05) is 5.32 Å². The average Bonchev–Trinajstić information content (AvgIpc) is 2.85. The normalized spacial score (nSPS) is 10.9. The SMILES string of the molecule is Cc1cc(C)nc(-n2nc(C)c(CC(=O)Nc3ccc(C)c(Cl)c3)c2C)n1. The highest BCUT2D eigenvalue weighted by Gasteiger charge is 2.18. The van der Waals surface area contributed by atoms with Crippen LogP contribution in [0.4, 0.5) is 5.69 Å². The van der Waals surface area contributed by atoms with Gasteiger partial charge in [0.15, 0.2) is 0 Å². The monoisotopic (exact) mass is 383 g/mol. The van der Waals surface area contributed by atoms with Crippen LogP contribution in [0.5, 0.6) is 0 Å². The van der Waals surface area contributed by atoms with Crippen LogP contribution in [0.25, 0.3) is 5.95 Å². The number of benzene rings is 1. The van der Waals surface area contributed by atoms with Crippen LogP contribution in [-0.2, 0) is 11.2 Å².